The average molecular weight is 350 g/mol. The van der Waals surface area contributed by atoms with Crippen LogP contribution in [0.2, 0.25) is 0 Å². The molecule has 1 aromatic carbocycles. The van der Waals surface area contributed by atoms with Crippen molar-refractivity contribution < 1.29 is 19.5 Å². The average Bonchev–Trinajstić information content (AvgIpc) is 3.03. The Hall–Kier alpha value is -2.02. The lowest BCUT2D eigenvalue weighted by molar-refractivity contribution is -0.143. The van der Waals surface area contributed by atoms with Gasteiger partial charge in [0.1, 0.15) is 6.04 Å². The van der Waals surface area contributed by atoms with E-state index in [4.69, 9.17) is 5.11 Å². The van der Waals surface area contributed by atoms with Crippen molar-refractivity contribution in [2.45, 2.75) is 32.4 Å². The SMILES string of the molecule is CC(C)N(C)C(=O)C1CSCN1C(=O)Cc1ccc(C(=O)O)cc1. The van der Waals surface area contributed by atoms with E-state index in [0.717, 1.165) is 5.56 Å². The summed E-state index contributed by atoms with van der Waals surface area (Å²) in [5.74, 6) is -0.0251. The van der Waals surface area contributed by atoms with E-state index in [-0.39, 0.29) is 29.8 Å². The second-order valence-corrected chi connectivity index (χ2v) is 7.10. The zero-order chi connectivity index (χ0) is 17.9. The van der Waals surface area contributed by atoms with Gasteiger partial charge in [0.05, 0.1) is 17.9 Å². The second kappa shape index (κ2) is 7.70. The molecule has 0 aliphatic carbocycles. The quantitative estimate of drug-likeness (QED) is 0.874. The van der Waals surface area contributed by atoms with Gasteiger partial charge >= 0.3 is 5.97 Å². The summed E-state index contributed by atoms with van der Waals surface area (Å²) in [4.78, 5) is 39.2. The third kappa shape index (κ3) is 4.08. The topological polar surface area (TPSA) is 77.9 Å². The van der Waals surface area contributed by atoms with E-state index in [0.29, 0.717) is 11.6 Å². The maximum Gasteiger partial charge on any atom is 0.335 e. The van der Waals surface area contributed by atoms with E-state index in [9.17, 15) is 14.4 Å². The third-order valence-corrected chi connectivity index (χ3v) is 5.18. The summed E-state index contributed by atoms with van der Waals surface area (Å²) in [6, 6.07) is 5.91. The van der Waals surface area contributed by atoms with Crippen molar-refractivity contribution in [3.8, 4) is 0 Å². The van der Waals surface area contributed by atoms with E-state index in [1.54, 1.807) is 40.7 Å². The van der Waals surface area contributed by atoms with Gasteiger partial charge in [-0.3, -0.25) is 9.59 Å². The summed E-state index contributed by atoms with van der Waals surface area (Å²) in [6.07, 6.45) is 0.162. The largest absolute Gasteiger partial charge is 0.478 e. The molecule has 1 N–H and O–H groups in total. The smallest absolute Gasteiger partial charge is 0.335 e. The lowest BCUT2D eigenvalue weighted by Gasteiger charge is -2.29. The normalized spacial score (nSPS) is 17.2. The standard InChI is InChI=1S/C17H22N2O4S/c1-11(2)18(3)16(21)14-9-24-10-19(14)15(20)8-12-4-6-13(7-5-12)17(22)23/h4-7,11,14H,8-10H2,1-3H3,(H,22,23). The van der Waals surface area contributed by atoms with Crippen molar-refractivity contribution in [1.29, 1.82) is 0 Å². The summed E-state index contributed by atoms with van der Waals surface area (Å²) >= 11 is 1.57. The van der Waals surface area contributed by atoms with Crippen LogP contribution in [0.25, 0.3) is 0 Å². The number of rotatable bonds is 5. The number of amides is 2. The van der Waals surface area contributed by atoms with Gasteiger partial charge in [-0.05, 0) is 31.5 Å². The fraction of sp³-hybridized carbons (Fsp3) is 0.471. The van der Waals surface area contributed by atoms with Gasteiger partial charge in [0.25, 0.3) is 0 Å². The molecule has 0 saturated carbocycles. The highest BCUT2D eigenvalue weighted by molar-refractivity contribution is 7.99. The molecule has 1 aliphatic rings. The first-order valence-corrected chi connectivity index (χ1v) is 8.93. The van der Waals surface area contributed by atoms with Crippen LogP contribution in [0.3, 0.4) is 0 Å². The van der Waals surface area contributed by atoms with Gasteiger partial charge in [0.2, 0.25) is 11.8 Å². The number of likely N-dealkylation sites (N-methyl/N-ethyl adjacent to an activating group) is 1. The van der Waals surface area contributed by atoms with Crippen LogP contribution in [-0.4, -0.2) is 63.5 Å². The van der Waals surface area contributed by atoms with Crippen molar-refractivity contribution in [3.05, 3.63) is 35.4 Å². The number of nitrogens with zero attached hydrogens (tertiary/aromatic N) is 2. The molecule has 2 amide bonds. The first-order chi connectivity index (χ1) is 11.3. The first kappa shape index (κ1) is 18.3. The zero-order valence-corrected chi connectivity index (χ0v) is 14.9. The highest BCUT2D eigenvalue weighted by atomic mass is 32.2. The van der Waals surface area contributed by atoms with Gasteiger partial charge in [-0.15, -0.1) is 11.8 Å². The molecule has 1 aliphatic heterocycles. The third-order valence-electron chi connectivity index (χ3n) is 4.17. The van der Waals surface area contributed by atoms with Gasteiger partial charge < -0.3 is 14.9 Å². The zero-order valence-electron chi connectivity index (χ0n) is 14.1. The lowest BCUT2D eigenvalue weighted by atomic mass is 10.1. The summed E-state index contributed by atoms with van der Waals surface area (Å²) in [7, 11) is 1.75. The molecule has 2 rings (SSSR count). The Bertz CT molecular complexity index is 630. The number of carbonyl (C=O) groups excluding carboxylic acids is 2. The van der Waals surface area contributed by atoms with Gasteiger partial charge in [-0.25, -0.2) is 4.79 Å². The van der Waals surface area contributed by atoms with Crippen molar-refractivity contribution in [1.82, 2.24) is 9.80 Å². The number of hydrogen-bond acceptors (Lipinski definition) is 4. The molecule has 24 heavy (non-hydrogen) atoms. The Labute approximate surface area is 145 Å². The molecule has 7 heteroatoms. The van der Waals surface area contributed by atoms with Gasteiger partial charge in [-0.1, -0.05) is 12.1 Å². The van der Waals surface area contributed by atoms with E-state index < -0.39 is 12.0 Å². The molecule has 130 valence electrons. The molecule has 0 spiro atoms. The molecule has 6 nitrogen and oxygen atoms in total. The molecule has 0 aromatic heterocycles. The maximum atomic E-state index is 12.6. The molecule has 1 unspecified atom stereocenters. The summed E-state index contributed by atoms with van der Waals surface area (Å²) in [5.41, 5.74) is 0.930. The van der Waals surface area contributed by atoms with Crippen LogP contribution in [0.1, 0.15) is 29.8 Å². The Morgan fingerprint density at radius 3 is 2.46 bits per heavy atom. The van der Waals surface area contributed by atoms with Crippen LogP contribution < -0.4 is 0 Å². The molecular weight excluding hydrogens is 328 g/mol. The van der Waals surface area contributed by atoms with E-state index >= 15 is 0 Å². The maximum absolute atomic E-state index is 12.6. The predicted octanol–water partition coefficient (Wildman–Crippen LogP) is 1.70. The molecule has 1 atom stereocenters. The molecule has 1 aromatic rings. The molecule has 1 heterocycles. The van der Waals surface area contributed by atoms with Crippen LogP contribution in [-0.2, 0) is 16.0 Å². The van der Waals surface area contributed by atoms with Gasteiger partial charge in [-0.2, -0.15) is 0 Å². The van der Waals surface area contributed by atoms with Gasteiger partial charge in [0, 0.05) is 18.8 Å². The van der Waals surface area contributed by atoms with Crippen LogP contribution in [0.4, 0.5) is 0 Å². The van der Waals surface area contributed by atoms with Crippen molar-refractivity contribution in [2.24, 2.45) is 0 Å². The monoisotopic (exact) mass is 350 g/mol. The fourth-order valence-electron chi connectivity index (χ4n) is 2.42. The van der Waals surface area contributed by atoms with E-state index in [1.807, 2.05) is 13.8 Å². The minimum absolute atomic E-state index is 0.0374. The van der Waals surface area contributed by atoms with E-state index in [2.05, 4.69) is 0 Å². The Balaban J connectivity index is 2.05. The lowest BCUT2D eigenvalue weighted by Crippen LogP contribution is -2.49. The number of aromatic carboxylic acids is 1. The highest BCUT2D eigenvalue weighted by Crippen LogP contribution is 2.24. The minimum Gasteiger partial charge on any atom is -0.478 e. The second-order valence-electron chi connectivity index (χ2n) is 6.10. The molecule has 0 radical (unpaired) electrons. The summed E-state index contributed by atoms with van der Waals surface area (Å²) < 4.78 is 0. The summed E-state index contributed by atoms with van der Waals surface area (Å²) in [6.45, 7) is 3.88. The fourth-order valence-corrected chi connectivity index (χ4v) is 3.60. The van der Waals surface area contributed by atoms with Crippen molar-refractivity contribution in [3.63, 3.8) is 0 Å². The molecule has 0 bridgehead atoms. The van der Waals surface area contributed by atoms with Crippen LogP contribution >= 0.6 is 11.8 Å². The van der Waals surface area contributed by atoms with Crippen LogP contribution in [0, 0.1) is 0 Å². The highest BCUT2D eigenvalue weighted by Gasteiger charge is 2.36. The number of benzene rings is 1. The number of hydrogen-bond donors (Lipinski definition) is 1. The number of carboxylic acids is 1. The van der Waals surface area contributed by atoms with Crippen molar-refractivity contribution in [2.75, 3.05) is 18.7 Å². The summed E-state index contributed by atoms with van der Waals surface area (Å²) in [5, 5.41) is 8.90. The van der Waals surface area contributed by atoms with Gasteiger partial charge in [0.15, 0.2) is 0 Å². The van der Waals surface area contributed by atoms with Crippen LogP contribution in [0.15, 0.2) is 24.3 Å². The van der Waals surface area contributed by atoms with E-state index in [1.165, 1.54) is 12.1 Å². The molecule has 1 fully saturated rings. The minimum atomic E-state index is -0.994. The Morgan fingerprint density at radius 2 is 1.92 bits per heavy atom. The number of carboxylic acid groups (broad SMARTS) is 1. The predicted molar refractivity (Wildman–Crippen MR) is 93.0 cm³/mol. The number of carbonyl (C=O) groups is 3. The number of thioether (sulfide) groups is 1. The molecule has 1 saturated heterocycles. The Kier molecular flexibility index (Phi) is 5.88. The first-order valence-electron chi connectivity index (χ1n) is 7.77. The molecular formula is C17H22N2O4S. The van der Waals surface area contributed by atoms with Crippen molar-refractivity contribution >= 4 is 29.5 Å². The van der Waals surface area contributed by atoms with Crippen LogP contribution in [0.5, 0.6) is 0 Å². The Morgan fingerprint density at radius 1 is 1.29 bits per heavy atom.